The molecule has 2 N–H and O–H groups in total. The van der Waals surface area contributed by atoms with E-state index in [1.165, 1.54) is 0 Å². The number of carbonyl (C=O) groups excluding carboxylic acids is 2. The average Bonchev–Trinajstić information content (AvgIpc) is 2.72. The Morgan fingerprint density at radius 2 is 1.55 bits per heavy atom. The first-order valence-electron chi connectivity index (χ1n) is 9.65. The van der Waals surface area contributed by atoms with Crippen LogP contribution in [0.5, 0.6) is 5.75 Å². The molecule has 0 fully saturated rings. The molecular formula is C24H26N2O3. The van der Waals surface area contributed by atoms with E-state index in [0.717, 1.165) is 16.3 Å². The molecule has 0 saturated carbocycles. The van der Waals surface area contributed by atoms with Crippen molar-refractivity contribution in [2.24, 2.45) is 0 Å². The van der Waals surface area contributed by atoms with Crippen LogP contribution in [-0.4, -0.2) is 17.9 Å². The van der Waals surface area contributed by atoms with Gasteiger partial charge >= 0.3 is 0 Å². The minimum absolute atomic E-state index is 0.247. The fourth-order valence-corrected chi connectivity index (χ4v) is 3.17. The van der Waals surface area contributed by atoms with E-state index in [-0.39, 0.29) is 17.7 Å². The second kappa shape index (κ2) is 8.78. The number of rotatable bonds is 6. The lowest BCUT2D eigenvalue weighted by molar-refractivity contribution is -0.133. The van der Waals surface area contributed by atoms with Gasteiger partial charge in [-0.05, 0) is 40.8 Å². The van der Waals surface area contributed by atoms with Gasteiger partial charge in [-0.3, -0.25) is 20.4 Å². The van der Waals surface area contributed by atoms with Gasteiger partial charge in [0, 0.05) is 6.42 Å². The molecule has 1 unspecified atom stereocenters. The van der Waals surface area contributed by atoms with Crippen molar-refractivity contribution in [3.63, 3.8) is 0 Å². The van der Waals surface area contributed by atoms with Crippen LogP contribution in [0.4, 0.5) is 0 Å². The Hall–Kier alpha value is -3.34. The molecule has 0 aliphatic rings. The fraction of sp³-hybridized carbons (Fsp3) is 0.250. The minimum Gasteiger partial charge on any atom is -0.481 e. The maximum Gasteiger partial charge on any atom is 0.279 e. The fourth-order valence-electron chi connectivity index (χ4n) is 3.17. The molecule has 1 atom stereocenters. The largest absolute Gasteiger partial charge is 0.481 e. The molecular weight excluding hydrogens is 364 g/mol. The summed E-state index contributed by atoms with van der Waals surface area (Å²) in [5.41, 5.74) is 5.66. The third kappa shape index (κ3) is 5.35. The first-order valence-corrected chi connectivity index (χ1v) is 9.65. The molecule has 0 bridgehead atoms. The average molecular weight is 390 g/mol. The molecule has 0 aliphatic carbocycles. The second-order valence-electron chi connectivity index (χ2n) is 7.73. The van der Waals surface area contributed by atoms with Crippen LogP contribution in [0.25, 0.3) is 10.8 Å². The third-order valence-electron chi connectivity index (χ3n) is 4.89. The van der Waals surface area contributed by atoms with E-state index >= 15 is 0 Å². The first kappa shape index (κ1) is 20.4. The first-order chi connectivity index (χ1) is 13.8. The van der Waals surface area contributed by atoms with Gasteiger partial charge in [-0.15, -0.1) is 0 Å². The number of amides is 2. The van der Waals surface area contributed by atoms with E-state index in [1.807, 2.05) is 86.6 Å². The maximum absolute atomic E-state index is 12.3. The third-order valence-corrected chi connectivity index (χ3v) is 4.89. The predicted octanol–water partition coefficient (Wildman–Crippen LogP) is 4.12. The SMILES string of the molecule is CC(Oc1ccc2ccccc2c1)C(=O)NNC(=O)CC(C)(C)c1ccccc1. The molecule has 2 amide bonds. The van der Waals surface area contributed by atoms with Crippen LogP contribution < -0.4 is 15.6 Å². The van der Waals surface area contributed by atoms with E-state index in [9.17, 15) is 9.59 Å². The molecule has 0 heterocycles. The number of fused-ring (bicyclic) bond motifs is 1. The highest BCUT2D eigenvalue weighted by Gasteiger charge is 2.24. The van der Waals surface area contributed by atoms with Crippen LogP contribution in [0.15, 0.2) is 72.8 Å². The van der Waals surface area contributed by atoms with Gasteiger partial charge in [-0.1, -0.05) is 74.5 Å². The molecule has 0 aromatic heterocycles. The van der Waals surface area contributed by atoms with Crippen molar-refractivity contribution in [3.8, 4) is 5.75 Å². The summed E-state index contributed by atoms with van der Waals surface area (Å²) in [6.07, 6.45) is -0.504. The van der Waals surface area contributed by atoms with Gasteiger partial charge in [0.25, 0.3) is 5.91 Å². The van der Waals surface area contributed by atoms with E-state index in [4.69, 9.17) is 4.74 Å². The molecule has 29 heavy (non-hydrogen) atoms. The van der Waals surface area contributed by atoms with Crippen molar-refractivity contribution >= 4 is 22.6 Å². The number of ether oxygens (including phenoxy) is 1. The van der Waals surface area contributed by atoms with Crippen molar-refractivity contribution in [1.29, 1.82) is 0 Å². The summed E-state index contributed by atoms with van der Waals surface area (Å²) < 4.78 is 5.72. The molecule has 5 nitrogen and oxygen atoms in total. The molecule has 0 aliphatic heterocycles. The van der Waals surface area contributed by atoms with Gasteiger partial charge < -0.3 is 4.74 Å². The lowest BCUT2D eigenvalue weighted by Crippen LogP contribution is -2.48. The monoisotopic (exact) mass is 390 g/mol. The van der Waals surface area contributed by atoms with Crippen LogP contribution in [0.1, 0.15) is 32.8 Å². The smallest absolute Gasteiger partial charge is 0.279 e. The van der Waals surface area contributed by atoms with Crippen molar-refractivity contribution in [2.75, 3.05) is 0 Å². The van der Waals surface area contributed by atoms with Crippen molar-refractivity contribution < 1.29 is 14.3 Å². The van der Waals surface area contributed by atoms with Crippen molar-refractivity contribution in [3.05, 3.63) is 78.4 Å². The Morgan fingerprint density at radius 1 is 0.897 bits per heavy atom. The quantitative estimate of drug-likeness (QED) is 0.622. The Labute approximate surface area is 171 Å². The van der Waals surface area contributed by atoms with Crippen LogP contribution >= 0.6 is 0 Å². The molecule has 0 saturated heterocycles. The summed E-state index contributed by atoms with van der Waals surface area (Å²) in [4.78, 5) is 24.6. The highest BCUT2D eigenvalue weighted by atomic mass is 16.5. The number of nitrogens with one attached hydrogen (secondary N) is 2. The van der Waals surface area contributed by atoms with Crippen LogP contribution in [0.3, 0.4) is 0 Å². The lowest BCUT2D eigenvalue weighted by Gasteiger charge is -2.24. The topological polar surface area (TPSA) is 67.4 Å². The number of hydrogen-bond acceptors (Lipinski definition) is 3. The summed E-state index contributed by atoms with van der Waals surface area (Å²) in [6.45, 7) is 5.63. The van der Waals surface area contributed by atoms with Gasteiger partial charge in [0.15, 0.2) is 6.10 Å². The zero-order valence-corrected chi connectivity index (χ0v) is 16.9. The van der Waals surface area contributed by atoms with Gasteiger partial charge in [0.1, 0.15) is 5.75 Å². The summed E-state index contributed by atoms with van der Waals surface area (Å²) >= 11 is 0. The van der Waals surface area contributed by atoms with Crippen LogP contribution in [0, 0.1) is 0 Å². The Morgan fingerprint density at radius 3 is 2.28 bits per heavy atom. The van der Waals surface area contributed by atoms with Gasteiger partial charge in [-0.25, -0.2) is 0 Å². The lowest BCUT2D eigenvalue weighted by atomic mass is 9.81. The van der Waals surface area contributed by atoms with Gasteiger partial charge in [0.05, 0.1) is 0 Å². The molecule has 3 aromatic rings. The summed E-state index contributed by atoms with van der Waals surface area (Å²) in [6, 6.07) is 23.4. The van der Waals surface area contributed by atoms with Crippen LogP contribution in [-0.2, 0) is 15.0 Å². The summed E-state index contributed by atoms with van der Waals surface area (Å²) in [5, 5.41) is 2.14. The van der Waals surface area contributed by atoms with Gasteiger partial charge in [0.2, 0.25) is 5.91 Å². The number of hydrazine groups is 1. The zero-order valence-electron chi connectivity index (χ0n) is 16.9. The summed E-state index contributed by atoms with van der Waals surface area (Å²) in [5.74, 6) is -0.0722. The number of benzene rings is 3. The standard InChI is InChI=1S/C24H26N2O3/c1-17(29-21-14-13-18-9-7-8-10-19(18)15-21)23(28)26-25-22(27)16-24(2,3)20-11-5-4-6-12-20/h4-15,17H,16H2,1-3H3,(H,25,27)(H,26,28). The minimum atomic E-state index is -0.751. The Balaban J connectivity index is 1.52. The van der Waals surface area contributed by atoms with Crippen molar-refractivity contribution in [1.82, 2.24) is 10.9 Å². The molecule has 5 heteroatoms. The number of hydrogen-bond donors (Lipinski definition) is 2. The highest BCUT2D eigenvalue weighted by molar-refractivity contribution is 5.86. The molecule has 3 rings (SSSR count). The van der Waals surface area contributed by atoms with E-state index in [0.29, 0.717) is 5.75 Å². The summed E-state index contributed by atoms with van der Waals surface area (Å²) in [7, 11) is 0. The maximum atomic E-state index is 12.3. The van der Waals surface area contributed by atoms with E-state index in [2.05, 4.69) is 10.9 Å². The molecule has 150 valence electrons. The van der Waals surface area contributed by atoms with Crippen LogP contribution in [0.2, 0.25) is 0 Å². The number of carbonyl (C=O) groups is 2. The second-order valence-corrected chi connectivity index (χ2v) is 7.73. The predicted molar refractivity (Wildman–Crippen MR) is 114 cm³/mol. The molecule has 0 spiro atoms. The van der Waals surface area contributed by atoms with Gasteiger partial charge in [-0.2, -0.15) is 0 Å². The Kier molecular flexibility index (Phi) is 6.17. The van der Waals surface area contributed by atoms with Crippen molar-refractivity contribution in [2.45, 2.75) is 38.7 Å². The molecule has 0 radical (unpaired) electrons. The van der Waals surface area contributed by atoms with E-state index in [1.54, 1.807) is 6.92 Å². The highest BCUT2D eigenvalue weighted by Crippen LogP contribution is 2.26. The Bertz CT molecular complexity index is 999. The normalized spacial score (nSPS) is 12.2. The molecule has 3 aromatic carbocycles. The zero-order chi connectivity index (χ0) is 20.9. The van der Waals surface area contributed by atoms with E-state index < -0.39 is 12.0 Å².